The Bertz CT molecular complexity index is 176. The average molecular weight is 200 g/mol. The molecule has 0 aromatic rings. The van der Waals surface area contributed by atoms with Gasteiger partial charge in [0, 0.05) is 11.8 Å². The third-order valence-corrected chi connectivity index (χ3v) is 3.36. The molecule has 1 aliphatic heterocycles. The van der Waals surface area contributed by atoms with Crippen molar-refractivity contribution in [1.29, 1.82) is 0 Å². The molecule has 13 heavy (non-hydrogen) atoms. The summed E-state index contributed by atoms with van der Waals surface area (Å²) in [7, 11) is 0. The van der Waals surface area contributed by atoms with Gasteiger partial charge in [0.2, 0.25) is 0 Å². The van der Waals surface area contributed by atoms with Crippen LogP contribution in [0.2, 0.25) is 0 Å². The van der Waals surface area contributed by atoms with Gasteiger partial charge in [-0.15, -0.1) is 0 Å². The lowest BCUT2D eigenvalue weighted by molar-refractivity contribution is 0.568. The largest absolute Gasteiger partial charge is 0.362 e. The monoisotopic (exact) mass is 200 g/mol. The molecule has 0 aliphatic carbocycles. The first-order chi connectivity index (χ1) is 6.26. The minimum absolute atomic E-state index is 0.512. The number of amidine groups is 1. The molecule has 1 N–H and O–H groups in total. The normalized spacial score (nSPS) is 23.1. The number of nitrogens with zero attached hydrogens (tertiary/aromatic N) is 1. The molecule has 0 aromatic carbocycles. The van der Waals surface area contributed by atoms with Crippen molar-refractivity contribution in [2.75, 3.05) is 5.75 Å². The van der Waals surface area contributed by atoms with Gasteiger partial charge < -0.3 is 5.32 Å². The Kier molecular flexibility index (Phi) is 4.64. The molecule has 0 saturated heterocycles. The predicted octanol–water partition coefficient (Wildman–Crippen LogP) is 2.65. The number of hydrogen-bond acceptors (Lipinski definition) is 3. The van der Waals surface area contributed by atoms with Crippen molar-refractivity contribution >= 4 is 16.9 Å². The summed E-state index contributed by atoms with van der Waals surface area (Å²) in [5.41, 5.74) is 0. The highest BCUT2D eigenvalue weighted by Crippen LogP contribution is 2.16. The molecule has 0 fully saturated rings. The van der Waals surface area contributed by atoms with Crippen molar-refractivity contribution in [3.05, 3.63) is 0 Å². The van der Waals surface area contributed by atoms with E-state index in [4.69, 9.17) is 0 Å². The van der Waals surface area contributed by atoms with E-state index in [0.29, 0.717) is 12.1 Å². The maximum Gasteiger partial charge on any atom is 0.157 e. The smallest absolute Gasteiger partial charge is 0.157 e. The third kappa shape index (κ3) is 3.59. The highest BCUT2D eigenvalue weighted by atomic mass is 32.2. The molecule has 1 unspecified atom stereocenters. The van der Waals surface area contributed by atoms with E-state index in [1.165, 1.54) is 25.0 Å². The van der Waals surface area contributed by atoms with Crippen LogP contribution in [0.3, 0.4) is 0 Å². The van der Waals surface area contributed by atoms with Crippen LogP contribution in [-0.2, 0) is 0 Å². The molecule has 1 atom stereocenters. The summed E-state index contributed by atoms with van der Waals surface area (Å²) in [5.74, 6) is 1.22. The molecule has 0 spiro atoms. The second-order valence-corrected chi connectivity index (χ2v) is 4.66. The molecular formula is C10H20N2S. The van der Waals surface area contributed by atoms with Crippen LogP contribution in [0, 0.1) is 0 Å². The molecule has 3 heteroatoms. The van der Waals surface area contributed by atoms with Gasteiger partial charge >= 0.3 is 0 Å². The van der Waals surface area contributed by atoms with Gasteiger partial charge in [0.1, 0.15) is 0 Å². The first-order valence-corrected chi connectivity index (χ1v) is 6.22. The molecule has 0 aromatic heterocycles. The predicted molar refractivity (Wildman–Crippen MR) is 61.5 cm³/mol. The fourth-order valence-electron chi connectivity index (χ4n) is 1.37. The Morgan fingerprint density at radius 2 is 2.23 bits per heavy atom. The lowest BCUT2D eigenvalue weighted by Gasteiger charge is -2.22. The molecule has 76 valence electrons. The summed E-state index contributed by atoms with van der Waals surface area (Å²) in [6.45, 7) is 6.63. The fraction of sp³-hybridized carbons (Fsp3) is 0.900. The van der Waals surface area contributed by atoms with E-state index in [-0.39, 0.29) is 0 Å². The second kappa shape index (κ2) is 5.53. The van der Waals surface area contributed by atoms with E-state index in [0.717, 1.165) is 5.17 Å². The Labute approximate surface area is 85.6 Å². The van der Waals surface area contributed by atoms with Gasteiger partial charge in [0.05, 0.1) is 6.04 Å². The van der Waals surface area contributed by atoms with E-state index in [1.807, 2.05) is 11.8 Å². The van der Waals surface area contributed by atoms with Crippen LogP contribution in [0.5, 0.6) is 0 Å². The molecule has 1 heterocycles. The van der Waals surface area contributed by atoms with Crippen LogP contribution in [0.1, 0.15) is 40.0 Å². The van der Waals surface area contributed by atoms with Crippen molar-refractivity contribution in [3.63, 3.8) is 0 Å². The van der Waals surface area contributed by atoms with Crippen molar-refractivity contribution in [2.24, 2.45) is 4.99 Å². The highest BCUT2D eigenvalue weighted by molar-refractivity contribution is 8.13. The quantitative estimate of drug-likeness (QED) is 0.757. The summed E-state index contributed by atoms with van der Waals surface area (Å²) in [4.78, 5) is 4.59. The molecular weight excluding hydrogens is 180 g/mol. The summed E-state index contributed by atoms with van der Waals surface area (Å²) < 4.78 is 0. The molecule has 0 bridgehead atoms. The van der Waals surface area contributed by atoms with Crippen LogP contribution in [0.15, 0.2) is 4.99 Å². The van der Waals surface area contributed by atoms with Crippen LogP contribution in [-0.4, -0.2) is 23.0 Å². The summed E-state index contributed by atoms with van der Waals surface area (Å²) in [6, 6.07) is 1.12. The van der Waals surface area contributed by atoms with E-state index < -0.39 is 0 Å². The molecule has 0 saturated carbocycles. The van der Waals surface area contributed by atoms with Crippen molar-refractivity contribution in [3.8, 4) is 0 Å². The Morgan fingerprint density at radius 3 is 2.77 bits per heavy atom. The van der Waals surface area contributed by atoms with Crippen LogP contribution >= 0.6 is 11.8 Å². The Morgan fingerprint density at radius 1 is 1.54 bits per heavy atom. The molecule has 2 nitrogen and oxygen atoms in total. The van der Waals surface area contributed by atoms with Crippen molar-refractivity contribution < 1.29 is 0 Å². The van der Waals surface area contributed by atoms with Crippen molar-refractivity contribution in [2.45, 2.75) is 52.1 Å². The van der Waals surface area contributed by atoms with Crippen LogP contribution in [0.4, 0.5) is 0 Å². The minimum Gasteiger partial charge on any atom is -0.362 e. The zero-order valence-corrected chi connectivity index (χ0v) is 9.66. The molecule has 0 radical (unpaired) electrons. The number of aliphatic imine (C=N–C) groups is 1. The maximum absolute atomic E-state index is 4.59. The van der Waals surface area contributed by atoms with Gasteiger partial charge in [-0.2, -0.15) is 0 Å². The maximum atomic E-state index is 4.59. The lowest BCUT2D eigenvalue weighted by Crippen LogP contribution is -2.34. The number of rotatable bonds is 3. The zero-order valence-electron chi connectivity index (χ0n) is 8.84. The standard InChI is InChI=1S/C10H20N2S/c1-4-9(5-2)12-10-11-8(3)6-7-13-10/h8-9H,4-7H2,1-3H3,(H,11,12). The molecule has 1 rings (SSSR count). The lowest BCUT2D eigenvalue weighted by atomic mass is 10.2. The first kappa shape index (κ1) is 10.9. The van der Waals surface area contributed by atoms with Crippen LogP contribution < -0.4 is 5.32 Å². The topological polar surface area (TPSA) is 24.4 Å². The summed E-state index contributed by atoms with van der Waals surface area (Å²) >= 11 is 1.86. The fourth-order valence-corrected chi connectivity index (χ4v) is 2.53. The van der Waals surface area contributed by atoms with Gasteiger partial charge in [0.25, 0.3) is 0 Å². The minimum atomic E-state index is 0.512. The zero-order chi connectivity index (χ0) is 9.68. The Balaban J connectivity index is 2.42. The van der Waals surface area contributed by atoms with Gasteiger partial charge in [-0.1, -0.05) is 25.6 Å². The van der Waals surface area contributed by atoms with Gasteiger partial charge in [-0.3, -0.25) is 4.99 Å². The third-order valence-electron chi connectivity index (χ3n) is 2.43. The van der Waals surface area contributed by atoms with Gasteiger partial charge in [0.15, 0.2) is 5.17 Å². The Hall–Kier alpha value is -0.180. The number of hydrogen-bond donors (Lipinski definition) is 1. The molecule has 0 amide bonds. The molecule has 1 aliphatic rings. The highest BCUT2D eigenvalue weighted by Gasteiger charge is 2.13. The van der Waals surface area contributed by atoms with E-state index >= 15 is 0 Å². The average Bonchev–Trinajstić information content (AvgIpc) is 2.14. The van der Waals surface area contributed by atoms with Gasteiger partial charge in [-0.05, 0) is 26.2 Å². The summed E-state index contributed by atoms with van der Waals surface area (Å²) in [5, 5.41) is 4.66. The SMILES string of the molecule is CCC(CC)NC1=NC(C)CCS1. The number of nitrogens with one attached hydrogen (secondary N) is 1. The second-order valence-electron chi connectivity index (χ2n) is 3.58. The van der Waals surface area contributed by atoms with Crippen LogP contribution in [0.25, 0.3) is 0 Å². The van der Waals surface area contributed by atoms with E-state index in [2.05, 4.69) is 31.1 Å². The number of thioether (sulfide) groups is 1. The first-order valence-electron chi connectivity index (χ1n) is 5.23. The summed E-state index contributed by atoms with van der Waals surface area (Å²) in [6.07, 6.45) is 3.59. The van der Waals surface area contributed by atoms with Crippen molar-refractivity contribution in [1.82, 2.24) is 5.32 Å². The van der Waals surface area contributed by atoms with Gasteiger partial charge in [-0.25, -0.2) is 0 Å². The van der Waals surface area contributed by atoms with E-state index in [1.54, 1.807) is 0 Å². The van der Waals surface area contributed by atoms with E-state index in [9.17, 15) is 0 Å².